The summed E-state index contributed by atoms with van der Waals surface area (Å²) >= 11 is 0. The largest absolute Gasteiger partial charge is 0.348 e. The maximum atomic E-state index is 10.9. The number of aromatic nitrogens is 2. The average molecular weight is 284 g/mol. The van der Waals surface area contributed by atoms with E-state index < -0.39 is 0 Å². The molecule has 3 N–H and O–H groups in total. The molecule has 0 spiro atoms. The fourth-order valence-corrected chi connectivity index (χ4v) is 1.94. The topological polar surface area (TPSA) is 69.8 Å². The molecule has 21 heavy (non-hydrogen) atoms. The Bertz CT molecular complexity index is 573. The van der Waals surface area contributed by atoms with Gasteiger partial charge in [0.1, 0.15) is 0 Å². The smallest absolute Gasteiger partial charge is 0.314 e. The number of hydrogen-bond acceptors (Lipinski definition) is 2. The summed E-state index contributed by atoms with van der Waals surface area (Å²) in [6.07, 6.45) is 9.27. The predicted octanol–water partition coefficient (Wildman–Crippen LogP) is 2.03. The maximum Gasteiger partial charge on any atom is 0.314 e. The fraction of sp³-hybridized carbons (Fsp3) is 0.250. The lowest BCUT2D eigenvalue weighted by Crippen LogP contribution is -2.32. The molecular weight excluding hydrogens is 264 g/mol. The van der Waals surface area contributed by atoms with Gasteiger partial charge in [-0.15, -0.1) is 0 Å². The molecule has 0 bridgehead atoms. The Balaban J connectivity index is 1.77. The number of hydrogen-bond donors (Lipinski definition) is 3. The van der Waals surface area contributed by atoms with Gasteiger partial charge in [-0.2, -0.15) is 0 Å². The number of rotatable bonds is 6. The summed E-state index contributed by atoms with van der Waals surface area (Å²) in [5.41, 5.74) is 3.62. The molecule has 5 nitrogen and oxygen atoms in total. The van der Waals surface area contributed by atoms with E-state index in [2.05, 4.69) is 50.9 Å². The minimum absolute atomic E-state index is 0.164. The number of nitrogens with one attached hydrogen (secondary N) is 3. The zero-order valence-corrected chi connectivity index (χ0v) is 12.1. The highest BCUT2D eigenvalue weighted by atomic mass is 16.2. The van der Waals surface area contributed by atoms with Crippen molar-refractivity contribution >= 4 is 6.03 Å². The molecule has 0 radical (unpaired) electrons. The molecule has 0 saturated heterocycles. The van der Waals surface area contributed by atoms with E-state index in [-0.39, 0.29) is 6.03 Å². The number of benzene rings is 1. The van der Waals surface area contributed by atoms with Crippen LogP contribution in [0.4, 0.5) is 4.79 Å². The summed E-state index contributed by atoms with van der Waals surface area (Å²) in [4.78, 5) is 18.1. The van der Waals surface area contributed by atoms with Crippen LogP contribution in [0.3, 0.4) is 0 Å². The molecule has 1 aromatic heterocycles. The average Bonchev–Trinajstić information content (AvgIpc) is 3.01. The summed E-state index contributed by atoms with van der Waals surface area (Å²) in [6, 6.07) is 8.35. The maximum absolute atomic E-state index is 10.9. The van der Waals surface area contributed by atoms with Crippen molar-refractivity contribution in [3.8, 4) is 0 Å². The first-order valence-electron chi connectivity index (χ1n) is 6.93. The van der Waals surface area contributed by atoms with Crippen LogP contribution in [0.1, 0.15) is 16.8 Å². The van der Waals surface area contributed by atoms with Crippen molar-refractivity contribution in [2.45, 2.75) is 12.8 Å². The lowest BCUT2D eigenvalue weighted by molar-refractivity contribution is 0.244. The second kappa shape index (κ2) is 7.89. The molecule has 0 aliphatic heterocycles. The Kier molecular flexibility index (Phi) is 5.58. The molecule has 0 aliphatic carbocycles. The number of H-pyrrole nitrogens is 1. The van der Waals surface area contributed by atoms with Gasteiger partial charge in [0.15, 0.2) is 0 Å². The molecule has 0 saturated carbocycles. The summed E-state index contributed by atoms with van der Waals surface area (Å²) in [7, 11) is 1.60. The van der Waals surface area contributed by atoms with E-state index in [9.17, 15) is 4.79 Å². The van der Waals surface area contributed by atoms with Crippen LogP contribution in [0.15, 0.2) is 48.9 Å². The van der Waals surface area contributed by atoms with Crippen LogP contribution in [0, 0.1) is 0 Å². The monoisotopic (exact) mass is 284 g/mol. The van der Waals surface area contributed by atoms with Gasteiger partial charge in [0, 0.05) is 31.9 Å². The van der Waals surface area contributed by atoms with Gasteiger partial charge < -0.3 is 15.6 Å². The second-order valence-corrected chi connectivity index (χ2v) is 4.71. The highest BCUT2D eigenvalue weighted by Crippen LogP contribution is 2.09. The van der Waals surface area contributed by atoms with Crippen LogP contribution >= 0.6 is 0 Å². The molecule has 0 atom stereocenters. The number of imidazole rings is 1. The number of carbonyl (C=O) groups is 1. The molecular formula is C16H20N4O. The number of amides is 2. The van der Waals surface area contributed by atoms with Crippen molar-refractivity contribution in [3.63, 3.8) is 0 Å². The Hall–Kier alpha value is -2.56. The van der Waals surface area contributed by atoms with Gasteiger partial charge in [0.25, 0.3) is 0 Å². The highest BCUT2D eigenvalue weighted by molar-refractivity contribution is 5.73. The van der Waals surface area contributed by atoms with Crippen molar-refractivity contribution in [1.29, 1.82) is 0 Å². The predicted molar refractivity (Wildman–Crippen MR) is 83.1 cm³/mol. The Morgan fingerprint density at radius 2 is 2.00 bits per heavy atom. The zero-order chi connectivity index (χ0) is 14.9. The number of allylic oxidation sites excluding steroid dienone is 1. The molecule has 0 fully saturated rings. The first-order chi connectivity index (χ1) is 10.3. The van der Waals surface area contributed by atoms with Gasteiger partial charge in [-0.1, -0.05) is 36.4 Å². The normalized spacial score (nSPS) is 10.7. The molecule has 0 aliphatic rings. The van der Waals surface area contributed by atoms with E-state index in [0.717, 1.165) is 18.5 Å². The SMILES string of the molecule is CNC(=O)NC/C=C/Cc1ccc(Cc2cnc[nH]2)cc1. The van der Waals surface area contributed by atoms with E-state index in [1.54, 1.807) is 13.4 Å². The van der Waals surface area contributed by atoms with Crippen molar-refractivity contribution in [3.05, 3.63) is 65.8 Å². The van der Waals surface area contributed by atoms with Crippen LogP contribution in [0.25, 0.3) is 0 Å². The van der Waals surface area contributed by atoms with Crippen molar-refractivity contribution in [2.24, 2.45) is 0 Å². The van der Waals surface area contributed by atoms with E-state index in [1.165, 1.54) is 11.1 Å². The molecule has 110 valence electrons. The van der Waals surface area contributed by atoms with Crippen LogP contribution in [-0.4, -0.2) is 29.6 Å². The molecule has 1 aromatic carbocycles. The minimum atomic E-state index is -0.164. The first-order valence-corrected chi connectivity index (χ1v) is 6.93. The van der Waals surface area contributed by atoms with Gasteiger partial charge in [0.2, 0.25) is 0 Å². The Labute approximate surface area is 124 Å². The number of carbonyl (C=O) groups excluding carboxylic acids is 1. The minimum Gasteiger partial charge on any atom is -0.348 e. The van der Waals surface area contributed by atoms with Gasteiger partial charge in [0.05, 0.1) is 6.33 Å². The number of urea groups is 1. The third kappa shape index (κ3) is 5.14. The van der Waals surface area contributed by atoms with Crippen LogP contribution in [0.5, 0.6) is 0 Å². The third-order valence-electron chi connectivity index (χ3n) is 3.10. The van der Waals surface area contributed by atoms with E-state index in [0.29, 0.717) is 6.54 Å². The van der Waals surface area contributed by atoms with Gasteiger partial charge >= 0.3 is 6.03 Å². The second-order valence-electron chi connectivity index (χ2n) is 4.71. The molecule has 5 heteroatoms. The lowest BCUT2D eigenvalue weighted by Gasteiger charge is -2.02. The van der Waals surface area contributed by atoms with Gasteiger partial charge in [-0.3, -0.25) is 0 Å². The molecule has 1 heterocycles. The molecule has 2 amide bonds. The number of nitrogens with zero attached hydrogens (tertiary/aromatic N) is 1. The van der Waals surface area contributed by atoms with E-state index >= 15 is 0 Å². The van der Waals surface area contributed by atoms with Crippen molar-refractivity contribution in [1.82, 2.24) is 20.6 Å². The van der Waals surface area contributed by atoms with E-state index in [4.69, 9.17) is 0 Å². The standard InChI is InChI=1S/C16H20N4O/c1-17-16(21)19-9-3-2-4-13-5-7-14(8-6-13)10-15-11-18-12-20-15/h2-3,5-8,11-12H,4,9-10H2,1H3,(H,18,20)(H2,17,19,21)/b3-2+. The quantitative estimate of drug-likeness (QED) is 0.710. The fourth-order valence-electron chi connectivity index (χ4n) is 1.94. The Morgan fingerprint density at radius 1 is 1.24 bits per heavy atom. The number of aromatic amines is 1. The van der Waals surface area contributed by atoms with E-state index in [1.807, 2.05) is 12.3 Å². The van der Waals surface area contributed by atoms with Crippen molar-refractivity contribution in [2.75, 3.05) is 13.6 Å². The molecule has 0 unspecified atom stereocenters. The van der Waals surface area contributed by atoms with Crippen LogP contribution < -0.4 is 10.6 Å². The lowest BCUT2D eigenvalue weighted by atomic mass is 10.1. The summed E-state index contributed by atoms with van der Waals surface area (Å²) < 4.78 is 0. The summed E-state index contributed by atoms with van der Waals surface area (Å²) in [5.74, 6) is 0. The third-order valence-corrected chi connectivity index (χ3v) is 3.10. The molecule has 2 rings (SSSR count). The Morgan fingerprint density at radius 3 is 2.67 bits per heavy atom. The van der Waals surface area contributed by atoms with Gasteiger partial charge in [-0.25, -0.2) is 9.78 Å². The van der Waals surface area contributed by atoms with Crippen LogP contribution in [0.2, 0.25) is 0 Å². The van der Waals surface area contributed by atoms with Gasteiger partial charge in [-0.05, 0) is 17.5 Å². The van der Waals surface area contributed by atoms with Crippen LogP contribution in [-0.2, 0) is 12.8 Å². The zero-order valence-electron chi connectivity index (χ0n) is 12.1. The first kappa shape index (κ1) is 14.8. The highest BCUT2D eigenvalue weighted by Gasteiger charge is 1.97. The van der Waals surface area contributed by atoms with Crippen molar-refractivity contribution < 1.29 is 4.79 Å². The summed E-state index contributed by atoms with van der Waals surface area (Å²) in [6.45, 7) is 0.539. The summed E-state index contributed by atoms with van der Waals surface area (Å²) in [5, 5.41) is 5.21. The molecule has 2 aromatic rings.